The van der Waals surface area contributed by atoms with Crippen LogP contribution in [-0.4, -0.2) is 92.2 Å². The number of carbonyl (C=O) groups is 1. The lowest BCUT2D eigenvalue weighted by Crippen LogP contribution is -2.43. The van der Waals surface area contributed by atoms with E-state index in [2.05, 4.69) is 68.9 Å². The second kappa shape index (κ2) is 18.4. The van der Waals surface area contributed by atoms with Gasteiger partial charge in [0.15, 0.2) is 28.4 Å². The van der Waals surface area contributed by atoms with Gasteiger partial charge in [0.25, 0.3) is 0 Å². The van der Waals surface area contributed by atoms with Gasteiger partial charge in [0, 0.05) is 56.0 Å². The number of carbonyl (C=O) groups excluding carboxylic acids is 2. The lowest BCUT2D eigenvalue weighted by Gasteiger charge is -2.36. The minimum absolute atomic E-state index is 0. The molecule has 61 heavy (non-hydrogen) atoms. The van der Waals surface area contributed by atoms with Crippen molar-refractivity contribution in [3.63, 3.8) is 0 Å². The van der Waals surface area contributed by atoms with Gasteiger partial charge in [0.05, 0.1) is 29.8 Å². The van der Waals surface area contributed by atoms with Crippen molar-refractivity contribution in [3.8, 4) is 0 Å². The molecule has 8 aromatic rings. The summed E-state index contributed by atoms with van der Waals surface area (Å²) in [6.45, 7) is 7.56. The summed E-state index contributed by atoms with van der Waals surface area (Å²) in [7, 11) is 0. The number of amides is 1. The van der Waals surface area contributed by atoms with Crippen molar-refractivity contribution in [2.45, 2.75) is 44.9 Å². The highest BCUT2D eigenvalue weighted by Crippen LogP contribution is 2.33. The maximum atomic E-state index is 14.0. The van der Waals surface area contributed by atoms with Crippen LogP contribution in [0.15, 0.2) is 78.3 Å². The van der Waals surface area contributed by atoms with Crippen molar-refractivity contribution < 1.29 is 27.2 Å². The largest absolute Gasteiger partial charge is 0.345 e. The van der Waals surface area contributed by atoms with E-state index in [0.717, 1.165) is 83.4 Å². The molecule has 0 unspecified atom stereocenters. The van der Waals surface area contributed by atoms with E-state index in [1.807, 2.05) is 28.9 Å². The minimum atomic E-state index is -0.867. The third kappa shape index (κ3) is 8.85. The van der Waals surface area contributed by atoms with Crippen LogP contribution in [0, 0.1) is 35.1 Å². The van der Waals surface area contributed by atoms with Gasteiger partial charge in [0.2, 0.25) is 12.0 Å². The number of aliphatic imine (C=N–C) groups is 1. The van der Waals surface area contributed by atoms with Crippen LogP contribution in [-0.2, 0) is 16.0 Å². The van der Waals surface area contributed by atoms with Crippen LogP contribution in [0.3, 0.4) is 0 Å². The molecule has 2 aromatic carbocycles. The second-order valence-corrected chi connectivity index (χ2v) is 14.9. The van der Waals surface area contributed by atoms with Gasteiger partial charge in [-0.2, -0.15) is 4.99 Å². The van der Waals surface area contributed by atoms with E-state index in [1.165, 1.54) is 18.6 Å². The van der Waals surface area contributed by atoms with Crippen molar-refractivity contribution in [1.29, 1.82) is 0 Å². The molecule has 20 heteroatoms. The SMILES string of the molecule is C[C@@H]1CCN(C(=O)Cc2ccc(F)cc2F)C[C@@H]1c1nnc2cnc3[nH]ccc3n12.C[C@@H]1CCNC[C@@H]1c1nnc2cnc3[nH]ccc3n12.Cl.O=C=Nc1ccc(F)cc1F. The molecular weight excluding hydrogens is 818 g/mol. The van der Waals surface area contributed by atoms with Gasteiger partial charge < -0.3 is 20.2 Å². The van der Waals surface area contributed by atoms with Crippen molar-refractivity contribution >= 4 is 63.7 Å². The number of benzene rings is 2. The van der Waals surface area contributed by atoms with Gasteiger partial charge in [-0.1, -0.05) is 19.9 Å². The third-order valence-corrected chi connectivity index (χ3v) is 11.2. The zero-order valence-corrected chi connectivity index (χ0v) is 33.7. The molecule has 0 bridgehead atoms. The molecule has 8 heterocycles. The number of likely N-dealkylation sites (tertiary alicyclic amines) is 1. The molecule has 316 valence electrons. The molecule has 2 aliphatic rings. The van der Waals surface area contributed by atoms with Gasteiger partial charge in [0.1, 0.15) is 34.8 Å². The number of fused-ring (bicyclic) bond motifs is 6. The summed E-state index contributed by atoms with van der Waals surface area (Å²) >= 11 is 0. The van der Waals surface area contributed by atoms with E-state index < -0.39 is 23.3 Å². The molecule has 3 N–H and O–H groups in total. The summed E-state index contributed by atoms with van der Waals surface area (Å²) < 4.78 is 56.0. The zero-order valence-electron chi connectivity index (χ0n) is 32.9. The van der Waals surface area contributed by atoms with E-state index in [-0.39, 0.29) is 41.9 Å². The molecular formula is C41H40ClF4N13O2. The second-order valence-electron chi connectivity index (χ2n) is 14.9. The molecule has 2 fully saturated rings. The van der Waals surface area contributed by atoms with Crippen molar-refractivity contribution in [2.24, 2.45) is 16.8 Å². The maximum Gasteiger partial charge on any atom is 0.240 e. The Hall–Kier alpha value is -6.56. The van der Waals surface area contributed by atoms with Gasteiger partial charge in [-0.3, -0.25) is 13.6 Å². The number of aromatic amines is 2. The molecule has 15 nitrogen and oxygen atoms in total. The molecule has 0 radical (unpaired) electrons. The Labute approximate surface area is 351 Å². The Morgan fingerprint density at radius 3 is 1.97 bits per heavy atom. The van der Waals surface area contributed by atoms with Gasteiger partial charge in [-0.15, -0.1) is 32.8 Å². The minimum Gasteiger partial charge on any atom is -0.345 e. The standard InChI is InChI=1S/C21H20F2N6O.C13H16N6.C7H3F2NO.ClH/c1-12-5-7-28(19(30)8-13-2-3-14(22)9-16(13)23)11-15(12)21-27-26-18-10-25-20-17(29(18)21)4-6-24-20;1-8-2-4-14-6-9(8)13-18-17-11-7-16-12-10(19(11)13)3-5-15-12;8-5-1-2-7(10-4-11)6(9)3-5;/h2-4,6,9-10,12,15,24H,5,7-8,11H2,1H3;3,5,7-9,14-15H,2,4,6H2,1H3;1-3H;1H/t12-,15+;8-,9+;;/m11../s1. The highest BCUT2D eigenvalue weighted by molar-refractivity contribution is 5.85. The first kappa shape index (κ1) is 42.6. The van der Waals surface area contributed by atoms with E-state index in [4.69, 9.17) is 0 Å². The average molecular weight is 858 g/mol. The molecule has 0 spiro atoms. The fourth-order valence-electron chi connectivity index (χ4n) is 7.80. The van der Waals surface area contributed by atoms with E-state index in [1.54, 1.807) is 17.3 Å². The van der Waals surface area contributed by atoms with Crippen LogP contribution in [0.4, 0.5) is 23.2 Å². The highest BCUT2D eigenvalue weighted by atomic mass is 35.5. The molecule has 0 aliphatic carbocycles. The first-order valence-electron chi connectivity index (χ1n) is 19.4. The number of nitrogens with one attached hydrogen (secondary N) is 3. The predicted molar refractivity (Wildman–Crippen MR) is 219 cm³/mol. The Balaban J connectivity index is 0.000000154. The number of aromatic nitrogens is 10. The summed E-state index contributed by atoms with van der Waals surface area (Å²) in [6, 6.07) is 9.99. The van der Waals surface area contributed by atoms with Crippen molar-refractivity contribution in [1.82, 2.24) is 59.3 Å². The Kier molecular flexibility index (Phi) is 12.8. The summed E-state index contributed by atoms with van der Waals surface area (Å²) in [5, 5.41) is 20.8. The van der Waals surface area contributed by atoms with Gasteiger partial charge >= 0.3 is 0 Å². The van der Waals surface area contributed by atoms with Gasteiger partial charge in [-0.05, 0) is 67.1 Å². The molecule has 0 saturated carbocycles. The number of hydrogen-bond acceptors (Lipinski definition) is 10. The van der Waals surface area contributed by atoms with Crippen LogP contribution in [0.1, 0.15) is 55.7 Å². The Morgan fingerprint density at radius 1 is 0.787 bits per heavy atom. The van der Waals surface area contributed by atoms with Gasteiger partial charge in [-0.25, -0.2) is 32.3 Å². The third-order valence-electron chi connectivity index (χ3n) is 11.2. The summed E-state index contributed by atoms with van der Waals surface area (Å²) in [6.07, 6.45) is 10.2. The lowest BCUT2D eigenvalue weighted by molar-refractivity contribution is -0.132. The molecule has 4 atom stereocenters. The quantitative estimate of drug-likeness (QED) is 0.0959. The summed E-state index contributed by atoms with van der Waals surface area (Å²) in [4.78, 5) is 42.2. The van der Waals surface area contributed by atoms with Crippen LogP contribution >= 0.6 is 12.4 Å². The fourth-order valence-corrected chi connectivity index (χ4v) is 7.80. The Morgan fingerprint density at radius 2 is 1.38 bits per heavy atom. The topological polar surface area (TPSA) is 180 Å². The monoisotopic (exact) mass is 857 g/mol. The predicted octanol–water partition coefficient (Wildman–Crippen LogP) is 6.75. The van der Waals surface area contributed by atoms with Crippen LogP contribution in [0.25, 0.3) is 33.6 Å². The summed E-state index contributed by atoms with van der Waals surface area (Å²) in [5.74, 6) is 0.0374. The first-order valence-corrected chi connectivity index (χ1v) is 19.4. The number of isocyanates is 1. The number of hydrogen-bond donors (Lipinski definition) is 3. The first-order chi connectivity index (χ1) is 29.1. The normalized spacial score (nSPS) is 18.8. The molecule has 10 rings (SSSR count). The number of nitrogens with zero attached hydrogens (tertiary/aromatic N) is 10. The zero-order chi connectivity index (χ0) is 41.9. The fraction of sp³-hybridized carbons (Fsp3) is 0.317. The number of halogens is 5. The summed E-state index contributed by atoms with van der Waals surface area (Å²) in [5.41, 5.74) is 5.02. The smallest absolute Gasteiger partial charge is 0.240 e. The van der Waals surface area contributed by atoms with Crippen LogP contribution in [0.2, 0.25) is 0 Å². The molecule has 2 aliphatic heterocycles. The van der Waals surface area contributed by atoms with Crippen molar-refractivity contribution in [3.05, 3.63) is 114 Å². The van der Waals surface area contributed by atoms with E-state index in [0.29, 0.717) is 42.6 Å². The number of H-pyrrole nitrogens is 2. The number of piperidine rings is 2. The number of rotatable bonds is 5. The Bertz CT molecular complexity index is 2870. The maximum absolute atomic E-state index is 14.0. The van der Waals surface area contributed by atoms with Crippen LogP contribution in [0.5, 0.6) is 0 Å². The van der Waals surface area contributed by atoms with E-state index in [9.17, 15) is 27.2 Å². The molecule has 2 saturated heterocycles. The molecule has 1 amide bonds. The van der Waals surface area contributed by atoms with E-state index >= 15 is 0 Å². The van der Waals surface area contributed by atoms with Crippen LogP contribution < -0.4 is 5.32 Å². The average Bonchev–Trinajstić information content (AvgIpc) is 4.07. The molecule has 6 aromatic heterocycles. The lowest BCUT2D eigenvalue weighted by atomic mass is 9.86. The van der Waals surface area contributed by atoms with Crippen molar-refractivity contribution in [2.75, 3.05) is 26.2 Å². The highest BCUT2D eigenvalue weighted by Gasteiger charge is 2.34.